The Morgan fingerprint density at radius 3 is 2.50 bits per heavy atom. The van der Waals surface area contributed by atoms with Crippen molar-refractivity contribution < 1.29 is 9.53 Å². The molecule has 1 atom stereocenters. The van der Waals surface area contributed by atoms with Crippen LogP contribution in [0.5, 0.6) is 0 Å². The van der Waals surface area contributed by atoms with Crippen molar-refractivity contribution in [1.29, 1.82) is 0 Å². The first kappa shape index (κ1) is 13.8. The number of nitrogens with two attached hydrogens (primary N) is 1. The average Bonchev–Trinajstić information content (AvgIpc) is 2.28. The number of primary amides is 1. The van der Waals surface area contributed by atoms with E-state index in [0.717, 1.165) is 12.8 Å². The molecule has 2 rings (SSSR count). The maximum Gasteiger partial charge on any atom is 0.237 e. The zero-order chi connectivity index (χ0) is 13.2. The Balaban J connectivity index is 2.08. The van der Waals surface area contributed by atoms with Crippen molar-refractivity contribution in [2.75, 3.05) is 6.61 Å². The molecule has 2 aliphatic rings. The van der Waals surface area contributed by atoms with Crippen molar-refractivity contribution in [2.45, 2.75) is 76.0 Å². The van der Waals surface area contributed by atoms with Gasteiger partial charge in [-0.3, -0.25) is 4.79 Å². The Hall–Kier alpha value is -0.610. The van der Waals surface area contributed by atoms with Crippen LogP contribution in [-0.2, 0) is 9.53 Å². The monoisotopic (exact) mass is 254 g/mol. The number of ether oxygens (including phenoxy) is 1. The van der Waals surface area contributed by atoms with Crippen LogP contribution in [-0.4, -0.2) is 29.7 Å². The summed E-state index contributed by atoms with van der Waals surface area (Å²) in [6.07, 6.45) is 7.52. The maximum atomic E-state index is 11.9. The van der Waals surface area contributed by atoms with E-state index in [1.54, 1.807) is 0 Å². The predicted molar refractivity (Wildman–Crippen MR) is 71.2 cm³/mol. The third-order valence-corrected chi connectivity index (χ3v) is 4.31. The van der Waals surface area contributed by atoms with Crippen LogP contribution in [0.1, 0.15) is 58.8 Å². The highest BCUT2D eigenvalue weighted by Gasteiger charge is 2.46. The molecule has 18 heavy (non-hydrogen) atoms. The van der Waals surface area contributed by atoms with E-state index in [1.807, 2.05) is 13.8 Å². The highest BCUT2D eigenvalue weighted by atomic mass is 16.5. The van der Waals surface area contributed by atoms with E-state index in [2.05, 4.69) is 5.32 Å². The van der Waals surface area contributed by atoms with Crippen LogP contribution in [0, 0.1) is 0 Å². The van der Waals surface area contributed by atoms with Gasteiger partial charge in [0.25, 0.3) is 0 Å². The van der Waals surface area contributed by atoms with Crippen molar-refractivity contribution in [3.63, 3.8) is 0 Å². The maximum absolute atomic E-state index is 11.9. The fourth-order valence-corrected chi connectivity index (χ4v) is 3.41. The van der Waals surface area contributed by atoms with E-state index in [-0.39, 0.29) is 11.5 Å². The average molecular weight is 254 g/mol. The summed E-state index contributed by atoms with van der Waals surface area (Å²) in [6, 6.07) is 0.445. The fraction of sp³-hybridized carbons (Fsp3) is 0.929. The molecular weight excluding hydrogens is 228 g/mol. The van der Waals surface area contributed by atoms with Gasteiger partial charge in [-0.1, -0.05) is 19.3 Å². The topological polar surface area (TPSA) is 64.3 Å². The van der Waals surface area contributed by atoms with E-state index >= 15 is 0 Å². The van der Waals surface area contributed by atoms with E-state index < -0.39 is 5.54 Å². The fourth-order valence-electron chi connectivity index (χ4n) is 3.41. The van der Waals surface area contributed by atoms with Crippen molar-refractivity contribution in [3.8, 4) is 0 Å². The number of hydrogen-bond acceptors (Lipinski definition) is 3. The van der Waals surface area contributed by atoms with Gasteiger partial charge < -0.3 is 15.8 Å². The molecule has 0 radical (unpaired) electrons. The second-order valence-corrected chi connectivity index (χ2v) is 6.46. The van der Waals surface area contributed by atoms with Gasteiger partial charge in [-0.2, -0.15) is 0 Å². The molecule has 0 aromatic heterocycles. The Bertz CT molecular complexity index is 311. The van der Waals surface area contributed by atoms with Crippen LogP contribution in [0.15, 0.2) is 0 Å². The summed E-state index contributed by atoms with van der Waals surface area (Å²) in [7, 11) is 0. The number of carbonyl (C=O) groups is 1. The molecule has 0 aromatic rings. The predicted octanol–water partition coefficient (Wildman–Crippen LogP) is 1.72. The summed E-state index contributed by atoms with van der Waals surface area (Å²) in [5.74, 6) is -0.218. The lowest BCUT2D eigenvalue weighted by Gasteiger charge is -2.45. The van der Waals surface area contributed by atoms with Crippen LogP contribution >= 0.6 is 0 Å². The first-order valence-corrected chi connectivity index (χ1v) is 7.15. The second-order valence-electron chi connectivity index (χ2n) is 6.46. The third-order valence-electron chi connectivity index (χ3n) is 4.31. The van der Waals surface area contributed by atoms with E-state index in [9.17, 15) is 4.79 Å². The molecule has 0 spiro atoms. The van der Waals surface area contributed by atoms with Crippen LogP contribution < -0.4 is 11.1 Å². The number of hydrogen-bond donors (Lipinski definition) is 2. The standard InChI is InChI=1S/C14H26N2O2/c1-13(2)10-14(12(15)17,8-9-18-13)16-11-6-4-3-5-7-11/h11,16H,3-10H2,1-2H3,(H2,15,17). The van der Waals surface area contributed by atoms with Gasteiger partial charge in [-0.05, 0) is 33.1 Å². The zero-order valence-electron chi connectivity index (χ0n) is 11.6. The first-order chi connectivity index (χ1) is 8.44. The molecule has 1 amide bonds. The molecule has 0 bridgehead atoms. The van der Waals surface area contributed by atoms with Gasteiger partial charge in [0, 0.05) is 19.1 Å². The van der Waals surface area contributed by atoms with Crippen molar-refractivity contribution in [3.05, 3.63) is 0 Å². The van der Waals surface area contributed by atoms with Crippen molar-refractivity contribution >= 4 is 5.91 Å². The molecule has 1 saturated carbocycles. The van der Waals surface area contributed by atoms with E-state index in [1.165, 1.54) is 19.3 Å². The minimum absolute atomic E-state index is 0.218. The largest absolute Gasteiger partial charge is 0.375 e. The molecular formula is C14H26N2O2. The lowest BCUT2D eigenvalue weighted by molar-refractivity contribution is -0.139. The number of amides is 1. The summed E-state index contributed by atoms with van der Waals surface area (Å²) in [5, 5.41) is 3.57. The van der Waals surface area contributed by atoms with Gasteiger partial charge >= 0.3 is 0 Å². The lowest BCUT2D eigenvalue weighted by Crippen LogP contribution is -2.64. The summed E-state index contributed by atoms with van der Waals surface area (Å²) in [4.78, 5) is 11.9. The van der Waals surface area contributed by atoms with Gasteiger partial charge in [0.1, 0.15) is 5.54 Å². The third kappa shape index (κ3) is 3.04. The Labute approximate surface area is 110 Å². The smallest absolute Gasteiger partial charge is 0.237 e. The Morgan fingerprint density at radius 1 is 1.28 bits per heavy atom. The number of nitrogens with one attached hydrogen (secondary N) is 1. The normalized spacial score (nSPS) is 33.2. The van der Waals surface area contributed by atoms with E-state index in [4.69, 9.17) is 10.5 Å². The molecule has 0 aromatic carbocycles. The van der Waals surface area contributed by atoms with E-state index in [0.29, 0.717) is 25.5 Å². The van der Waals surface area contributed by atoms with Crippen LogP contribution in [0.2, 0.25) is 0 Å². The molecule has 1 aliphatic carbocycles. The van der Waals surface area contributed by atoms with Crippen molar-refractivity contribution in [2.24, 2.45) is 5.73 Å². The summed E-state index contributed by atoms with van der Waals surface area (Å²) in [5.41, 5.74) is 4.85. The van der Waals surface area contributed by atoms with Crippen LogP contribution in [0.3, 0.4) is 0 Å². The molecule has 4 heteroatoms. The first-order valence-electron chi connectivity index (χ1n) is 7.15. The highest BCUT2D eigenvalue weighted by Crippen LogP contribution is 2.33. The number of rotatable bonds is 3. The molecule has 1 heterocycles. The van der Waals surface area contributed by atoms with Crippen molar-refractivity contribution in [1.82, 2.24) is 5.32 Å². The SMILES string of the molecule is CC1(C)CC(NC2CCCCC2)(C(N)=O)CCO1. The molecule has 104 valence electrons. The second kappa shape index (κ2) is 5.17. The molecule has 1 unspecified atom stereocenters. The van der Waals surface area contributed by atoms with Gasteiger partial charge in [0.05, 0.1) is 5.60 Å². The highest BCUT2D eigenvalue weighted by molar-refractivity contribution is 5.85. The summed E-state index contributed by atoms with van der Waals surface area (Å²) >= 11 is 0. The lowest BCUT2D eigenvalue weighted by atomic mass is 9.79. The van der Waals surface area contributed by atoms with Gasteiger partial charge in [0.2, 0.25) is 5.91 Å². The van der Waals surface area contributed by atoms with Crippen LogP contribution in [0.25, 0.3) is 0 Å². The minimum atomic E-state index is -0.566. The van der Waals surface area contributed by atoms with Crippen LogP contribution in [0.4, 0.5) is 0 Å². The van der Waals surface area contributed by atoms with Gasteiger partial charge in [-0.15, -0.1) is 0 Å². The molecule has 1 saturated heterocycles. The molecule has 3 N–H and O–H groups in total. The number of carbonyl (C=O) groups excluding carboxylic acids is 1. The summed E-state index contributed by atoms with van der Waals surface area (Å²) in [6.45, 7) is 4.68. The van der Waals surface area contributed by atoms with Gasteiger partial charge in [0.15, 0.2) is 0 Å². The van der Waals surface area contributed by atoms with Gasteiger partial charge in [-0.25, -0.2) is 0 Å². The Morgan fingerprint density at radius 2 is 1.94 bits per heavy atom. The zero-order valence-corrected chi connectivity index (χ0v) is 11.6. The molecule has 1 aliphatic heterocycles. The Kier molecular flexibility index (Phi) is 3.97. The molecule has 2 fully saturated rings. The summed E-state index contributed by atoms with van der Waals surface area (Å²) < 4.78 is 5.71. The molecule has 4 nitrogen and oxygen atoms in total. The quantitative estimate of drug-likeness (QED) is 0.806. The minimum Gasteiger partial charge on any atom is -0.375 e.